The van der Waals surface area contributed by atoms with Gasteiger partial charge in [0, 0.05) is 12.3 Å². The zero-order valence-corrected chi connectivity index (χ0v) is 6.11. The molecule has 4 nitrogen and oxygen atoms in total. The number of rotatable bonds is 1. The summed E-state index contributed by atoms with van der Waals surface area (Å²) in [6.07, 6.45) is 2.26. The number of hydrogen-bond donors (Lipinski definition) is 2. The summed E-state index contributed by atoms with van der Waals surface area (Å²) in [5, 5.41) is 9.03. The van der Waals surface area contributed by atoms with Gasteiger partial charge in [0.1, 0.15) is 5.52 Å². The smallest absolute Gasteiger partial charge is 0.211 e. The second kappa shape index (κ2) is 2.34. The van der Waals surface area contributed by atoms with Crippen LogP contribution in [0.5, 0.6) is 5.88 Å². The van der Waals surface area contributed by atoms with Crippen molar-refractivity contribution in [1.82, 2.24) is 9.97 Å². The molecule has 0 saturated carbocycles. The largest absolute Gasteiger partial charge is 0.493 e. The Balaban J connectivity index is 2.83. The summed E-state index contributed by atoms with van der Waals surface area (Å²) in [7, 11) is 0. The molecule has 0 amide bonds. The van der Waals surface area contributed by atoms with E-state index in [0.29, 0.717) is 17.4 Å². The van der Waals surface area contributed by atoms with Crippen LogP contribution in [-0.2, 0) is 0 Å². The number of carbonyl (C=O) groups excluding carboxylic acids is 1. The van der Waals surface area contributed by atoms with Crippen LogP contribution in [0.3, 0.4) is 0 Å². The third kappa shape index (κ3) is 0.852. The number of fused-ring (bicyclic) bond motifs is 1. The summed E-state index contributed by atoms with van der Waals surface area (Å²) in [5.74, 6) is -0.0785. The predicted octanol–water partition coefficient (Wildman–Crippen LogP) is 1.08. The molecule has 2 heterocycles. The summed E-state index contributed by atoms with van der Waals surface area (Å²) in [4.78, 5) is 17.1. The number of nitrogens with one attached hydrogen (secondary N) is 1. The molecule has 60 valence electrons. The Kier molecular flexibility index (Phi) is 1.33. The quantitative estimate of drug-likeness (QED) is 0.616. The first kappa shape index (κ1) is 6.84. The SMILES string of the molecule is O=Cc1c[nH]c2ccc(O)nc12. The van der Waals surface area contributed by atoms with Gasteiger partial charge in [-0.2, -0.15) is 0 Å². The molecule has 2 rings (SSSR count). The predicted molar refractivity (Wildman–Crippen MR) is 43.1 cm³/mol. The number of nitrogens with zero attached hydrogens (tertiary/aromatic N) is 1. The molecule has 2 aromatic rings. The van der Waals surface area contributed by atoms with Crippen LogP contribution in [0.2, 0.25) is 0 Å². The van der Waals surface area contributed by atoms with E-state index < -0.39 is 0 Å². The van der Waals surface area contributed by atoms with Crippen molar-refractivity contribution in [3.63, 3.8) is 0 Å². The first-order valence-corrected chi connectivity index (χ1v) is 3.43. The van der Waals surface area contributed by atoms with Crippen molar-refractivity contribution in [3.05, 3.63) is 23.9 Å². The number of carbonyl (C=O) groups is 1. The van der Waals surface area contributed by atoms with Crippen LogP contribution in [0.15, 0.2) is 18.3 Å². The molecule has 0 spiro atoms. The van der Waals surface area contributed by atoms with E-state index >= 15 is 0 Å². The summed E-state index contributed by atoms with van der Waals surface area (Å²) in [5.41, 5.74) is 1.71. The summed E-state index contributed by atoms with van der Waals surface area (Å²) in [6, 6.07) is 3.14. The second-order valence-electron chi connectivity index (χ2n) is 2.43. The monoisotopic (exact) mass is 162 g/mol. The van der Waals surface area contributed by atoms with Crippen LogP contribution in [0.25, 0.3) is 11.0 Å². The van der Waals surface area contributed by atoms with Gasteiger partial charge in [0.05, 0.1) is 11.1 Å². The lowest BCUT2D eigenvalue weighted by atomic mass is 10.3. The maximum Gasteiger partial charge on any atom is 0.211 e. The molecule has 0 atom stereocenters. The maximum atomic E-state index is 10.5. The van der Waals surface area contributed by atoms with Gasteiger partial charge in [-0.25, -0.2) is 4.98 Å². The van der Waals surface area contributed by atoms with Crippen molar-refractivity contribution in [2.24, 2.45) is 0 Å². The van der Waals surface area contributed by atoms with Gasteiger partial charge in [0.25, 0.3) is 0 Å². The summed E-state index contributed by atoms with van der Waals surface area (Å²) >= 11 is 0. The molecule has 0 aromatic carbocycles. The van der Waals surface area contributed by atoms with Crippen molar-refractivity contribution in [3.8, 4) is 5.88 Å². The Morgan fingerprint density at radius 3 is 3.08 bits per heavy atom. The van der Waals surface area contributed by atoms with E-state index in [0.717, 1.165) is 5.52 Å². The van der Waals surface area contributed by atoms with Crippen LogP contribution in [0.1, 0.15) is 10.4 Å². The minimum absolute atomic E-state index is 0.0785. The Morgan fingerprint density at radius 1 is 1.50 bits per heavy atom. The van der Waals surface area contributed by atoms with E-state index in [1.807, 2.05) is 0 Å². The third-order valence-electron chi connectivity index (χ3n) is 1.66. The van der Waals surface area contributed by atoms with Crippen molar-refractivity contribution in [1.29, 1.82) is 0 Å². The fourth-order valence-corrected chi connectivity index (χ4v) is 1.10. The topological polar surface area (TPSA) is 66.0 Å². The fourth-order valence-electron chi connectivity index (χ4n) is 1.10. The minimum atomic E-state index is -0.0785. The first-order valence-electron chi connectivity index (χ1n) is 3.43. The molecule has 0 unspecified atom stereocenters. The van der Waals surface area contributed by atoms with Crippen molar-refractivity contribution in [2.45, 2.75) is 0 Å². The highest BCUT2D eigenvalue weighted by molar-refractivity contribution is 5.94. The lowest BCUT2D eigenvalue weighted by Crippen LogP contribution is -1.79. The molecule has 2 aromatic heterocycles. The average molecular weight is 162 g/mol. The molecule has 0 radical (unpaired) electrons. The van der Waals surface area contributed by atoms with Gasteiger partial charge in [-0.05, 0) is 6.07 Å². The zero-order valence-electron chi connectivity index (χ0n) is 6.11. The van der Waals surface area contributed by atoms with E-state index in [4.69, 9.17) is 5.11 Å². The number of hydrogen-bond acceptors (Lipinski definition) is 3. The molecule has 2 N–H and O–H groups in total. The number of H-pyrrole nitrogens is 1. The first-order chi connectivity index (χ1) is 5.81. The van der Waals surface area contributed by atoms with Crippen molar-refractivity contribution in [2.75, 3.05) is 0 Å². The van der Waals surface area contributed by atoms with Gasteiger partial charge in [-0.1, -0.05) is 0 Å². The zero-order chi connectivity index (χ0) is 8.55. The Morgan fingerprint density at radius 2 is 2.33 bits per heavy atom. The number of aromatic nitrogens is 2. The van der Waals surface area contributed by atoms with E-state index in [-0.39, 0.29) is 5.88 Å². The average Bonchev–Trinajstić information content (AvgIpc) is 2.46. The standard InChI is InChI=1S/C8H6N2O2/c11-4-5-3-9-6-1-2-7(12)10-8(5)6/h1-4,9H,(H,10,12). The van der Waals surface area contributed by atoms with Crippen molar-refractivity contribution < 1.29 is 9.90 Å². The fraction of sp³-hybridized carbons (Fsp3) is 0. The molecular formula is C8H6N2O2. The van der Waals surface area contributed by atoms with Gasteiger partial charge in [-0.3, -0.25) is 4.79 Å². The lowest BCUT2D eigenvalue weighted by molar-refractivity contribution is 0.112. The van der Waals surface area contributed by atoms with E-state index in [1.165, 1.54) is 6.07 Å². The third-order valence-corrected chi connectivity index (χ3v) is 1.66. The highest BCUT2D eigenvalue weighted by Gasteiger charge is 2.03. The molecule has 0 aliphatic carbocycles. The Labute approximate surface area is 67.9 Å². The normalized spacial score (nSPS) is 10.3. The van der Waals surface area contributed by atoms with Crippen LogP contribution in [-0.4, -0.2) is 21.4 Å². The lowest BCUT2D eigenvalue weighted by Gasteiger charge is -1.90. The van der Waals surface area contributed by atoms with E-state index in [2.05, 4.69) is 9.97 Å². The van der Waals surface area contributed by atoms with E-state index in [9.17, 15) is 4.79 Å². The molecule has 0 bridgehead atoms. The van der Waals surface area contributed by atoms with E-state index in [1.54, 1.807) is 12.3 Å². The maximum absolute atomic E-state index is 10.5. The number of aromatic amines is 1. The molecule has 4 heteroatoms. The molecular weight excluding hydrogens is 156 g/mol. The van der Waals surface area contributed by atoms with Gasteiger partial charge in [0.2, 0.25) is 5.88 Å². The number of aldehydes is 1. The molecule has 0 aliphatic heterocycles. The van der Waals surface area contributed by atoms with Crippen LogP contribution < -0.4 is 0 Å². The highest BCUT2D eigenvalue weighted by Crippen LogP contribution is 2.16. The van der Waals surface area contributed by atoms with Gasteiger partial charge < -0.3 is 10.1 Å². The molecule has 0 aliphatic rings. The second-order valence-corrected chi connectivity index (χ2v) is 2.43. The number of aromatic hydroxyl groups is 1. The van der Waals surface area contributed by atoms with Crippen LogP contribution in [0.4, 0.5) is 0 Å². The molecule has 12 heavy (non-hydrogen) atoms. The van der Waals surface area contributed by atoms with Crippen molar-refractivity contribution >= 4 is 17.3 Å². The summed E-state index contributed by atoms with van der Waals surface area (Å²) in [6.45, 7) is 0. The van der Waals surface area contributed by atoms with Gasteiger partial charge >= 0.3 is 0 Å². The molecule has 0 saturated heterocycles. The van der Waals surface area contributed by atoms with Gasteiger partial charge in [0.15, 0.2) is 6.29 Å². The van der Waals surface area contributed by atoms with Crippen LogP contribution >= 0.6 is 0 Å². The van der Waals surface area contributed by atoms with Crippen LogP contribution in [0, 0.1) is 0 Å². The molecule has 0 fully saturated rings. The Bertz CT molecular complexity index is 434. The summed E-state index contributed by atoms with van der Waals surface area (Å²) < 4.78 is 0. The minimum Gasteiger partial charge on any atom is -0.493 e. The van der Waals surface area contributed by atoms with Gasteiger partial charge in [-0.15, -0.1) is 0 Å². The highest BCUT2D eigenvalue weighted by atomic mass is 16.3. The number of pyridine rings is 1. The Hall–Kier alpha value is -1.84.